The van der Waals surface area contributed by atoms with Crippen LogP contribution in [0, 0.1) is 18.7 Å². The summed E-state index contributed by atoms with van der Waals surface area (Å²) in [6.45, 7) is 3.68. The second-order valence-electron chi connectivity index (χ2n) is 5.58. The zero-order chi connectivity index (χ0) is 17.1. The molecule has 0 saturated heterocycles. The van der Waals surface area contributed by atoms with E-state index in [4.69, 9.17) is 0 Å². The highest BCUT2D eigenvalue weighted by atomic mass is 19.1. The minimum absolute atomic E-state index is 0.232. The Bertz CT molecular complexity index is 756. The molecule has 0 aliphatic rings. The van der Waals surface area contributed by atoms with Crippen LogP contribution in [0.2, 0.25) is 0 Å². The average Bonchev–Trinajstić information content (AvgIpc) is 2.51. The number of fused-ring (bicyclic) bond motifs is 1. The first kappa shape index (κ1) is 16.9. The second kappa shape index (κ2) is 6.73. The lowest BCUT2D eigenvalue weighted by atomic mass is 10.1. The van der Waals surface area contributed by atoms with Crippen LogP contribution in [-0.2, 0) is 9.53 Å². The van der Waals surface area contributed by atoms with Crippen LogP contribution in [0.3, 0.4) is 0 Å². The molecule has 122 valence electrons. The van der Waals surface area contributed by atoms with Gasteiger partial charge in [0.15, 0.2) is 0 Å². The monoisotopic (exact) mass is 318 g/mol. The van der Waals surface area contributed by atoms with Gasteiger partial charge in [-0.2, -0.15) is 0 Å². The first-order valence-corrected chi connectivity index (χ1v) is 7.23. The van der Waals surface area contributed by atoms with E-state index in [9.17, 15) is 14.0 Å². The van der Waals surface area contributed by atoms with Crippen molar-refractivity contribution in [2.75, 3.05) is 20.7 Å². The van der Waals surface area contributed by atoms with Crippen molar-refractivity contribution >= 4 is 22.8 Å². The molecule has 0 spiro atoms. The summed E-state index contributed by atoms with van der Waals surface area (Å²) in [5, 5.41) is 0.583. The first-order chi connectivity index (χ1) is 10.8. The van der Waals surface area contributed by atoms with Gasteiger partial charge >= 0.3 is 5.97 Å². The van der Waals surface area contributed by atoms with Crippen molar-refractivity contribution in [1.29, 1.82) is 0 Å². The lowest BCUT2D eigenvalue weighted by Gasteiger charge is -2.21. The van der Waals surface area contributed by atoms with E-state index in [2.05, 4.69) is 9.72 Å². The summed E-state index contributed by atoms with van der Waals surface area (Å²) in [5.41, 5.74) is 1.50. The quantitative estimate of drug-likeness (QED) is 0.813. The number of halogens is 1. The SMILES string of the molecule is COC(=O)C(C)CN(C)C(=O)c1cc(C)nc2cc(F)ccc12. The number of amides is 1. The lowest BCUT2D eigenvalue weighted by Crippen LogP contribution is -2.34. The van der Waals surface area contributed by atoms with Gasteiger partial charge in [-0.25, -0.2) is 4.39 Å². The van der Waals surface area contributed by atoms with Crippen LogP contribution < -0.4 is 0 Å². The third kappa shape index (κ3) is 3.64. The van der Waals surface area contributed by atoms with E-state index >= 15 is 0 Å². The van der Waals surface area contributed by atoms with Crippen LogP contribution in [0.1, 0.15) is 23.0 Å². The van der Waals surface area contributed by atoms with Crippen LogP contribution >= 0.6 is 0 Å². The van der Waals surface area contributed by atoms with Gasteiger partial charge in [0.2, 0.25) is 0 Å². The smallest absolute Gasteiger partial charge is 0.310 e. The van der Waals surface area contributed by atoms with E-state index in [0.717, 1.165) is 0 Å². The maximum Gasteiger partial charge on any atom is 0.310 e. The molecule has 6 heteroatoms. The number of nitrogens with zero attached hydrogens (tertiary/aromatic N) is 2. The minimum atomic E-state index is -0.430. The minimum Gasteiger partial charge on any atom is -0.469 e. The van der Waals surface area contributed by atoms with Crippen LogP contribution in [0.15, 0.2) is 24.3 Å². The molecule has 5 nitrogen and oxygen atoms in total. The van der Waals surface area contributed by atoms with Crippen molar-refractivity contribution in [2.45, 2.75) is 13.8 Å². The number of aromatic nitrogens is 1. The van der Waals surface area contributed by atoms with Crippen LogP contribution in [0.5, 0.6) is 0 Å². The van der Waals surface area contributed by atoms with E-state index in [0.29, 0.717) is 22.2 Å². The summed E-state index contributed by atoms with van der Waals surface area (Å²) in [6, 6.07) is 5.81. The molecule has 0 aliphatic heterocycles. The van der Waals surface area contributed by atoms with Gasteiger partial charge in [0.05, 0.1) is 24.1 Å². The average molecular weight is 318 g/mol. The Kier molecular flexibility index (Phi) is 4.93. The fourth-order valence-electron chi connectivity index (χ4n) is 2.49. The van der Waals surface area contributed by atoms with E-state index in [1.807, 2.05) is 0 Å². The molecule has 2 rings (SSSR count). The number of methoxy groups -OCH3 is 1. The predicted molar refractivity (Wildman–Crippen MR) is 84.6 cm³/mol. The number of hydrogen-bond acceptors (Lipinski definition) is 4. The van der Waals surface area contributed by atoms with Gasteiger partial charge in [-0.1, -0.05) is 6.92 Å². The molecule has 1 atom stereocenters. The van der Waals surface area contributed by atoms with E-state index in [1.165, 1.54) is 24.1 Å². The molecule has 0 bridgehead atoms. The molecule has 0 saturated carbocycles. The third-order valence-corrected chi connectivity index (χ3v) is 3.63. The summed E-state index contributed by atoms with van der Waals surface area (Å²) < 4.78 is 18.0. The number of rotatable bonds is 4. The Labute approximate surface area is 134 Å². The normalized spacial score (nSPS) is 12.0. The molecule has 2 aromatic rings. The summed E-state index contributed by atoms with van der Waals surface area (Å²) in [5.74, 6) is -1.45. The van der Waals surface area contributed by atoms with Crippen molar-refractivity contribution in [3.8, 4) is 0 Å². The number of esters is 1. The number of carbonyl (C=O) groups is 2. The molecule has 0 fully saturated rings. The van der Waals surface area contributed by atoms with Gasteiger partial charge in [-0.05, 0) is 25.1 Å². The van der Waals surface area contributed by atoms with Gasteiger partial charge in [0.1, 0.15) is 5.82 Å². The highest BCUT2D eigenvalue weighted by Crippen LogP contribution is 2.21. The standard InChI is InChI=1S/C17H19FN2O3/c1-10(17(22)23-4)9-20(3)16(21)14-7-11(2)19-15-8-12(18)5-6-13(14)15/h5-8,10H,9H2,1-4H3. The number of carbonyl (C=O) groups excluding carboxylic acids is 2. The van der Waals surface area contributed by atoms with Crippen molar-refractivity contribution in [1.82, 2.24) is 9.88 Å². The molecule has 1 heterocycles. The topological polar surface area (TPSA) is 59.5 Å². The van der Waals surface area contributed by atoms with Gasteiger partial charge < -0.3 is 9.64 Å². The molecule has 0 radical (unpaired) electrons. The van der Waals surface area contributed by atoms with Gasteiger partial charge in [-0.15, -0.1) is 0 Å². The van der Waals surface area contributed by atoms with Gasteiger partial charge in [-0.3, -0.25) is 14.6 Å². The van der Waals surface area contributed by atoms with Crippen molar-refractivity contribution in [3.05, 3.63) is 41.3 Å². The molecule has 0 N–H and O–H groups in total. The van der Waals surface area contributed by atoms with Crippen LogP contribution in [0.25, 0.3) is 10.9 Å². The molecule has 1 aromatic heterocycles. The maximum absolute atomic E-state index is 13.4. The van der Waals surface area contributed by atoms with Crippen LogP contribution in [-0.4, -0.2) is 42.5 Å². The number of benzene rings is 1. The zero-order valence-electron chi connectivity index (χ0n) is 13.6. The van der Waals surface area contributed by atoms with Crippen molar-refractivity contribution in [2.24, 2.45) is 5.92 Å². The fourth-order valence-corrected chi connectivity index (χ4v) is 2.49. The van der Waals surface area contributed by atoms with E-state index in [-0.39, 0.29) is 18.4 Å². The Morgan fingerprint density at radius 1 is 1.35 bits per heavy atom. The number of pyridine rings is 1. The molecule has 1 aromatic carbocycles. The first-order valence-electron chi connectivity index (χ1n) is 7.23. The van der Waals surface area contributed by atoms with Crippen LogP contribution in [0.4, 0.5) is 4.39 Å². The Hall–Kier alpha value is -2.50. The molecule has 1 unspecified atom stereocenters. The second-order valence-corrected chi connectivity index (χ2v) is 5.58. The summed E-state index contributed by atoms with van der Waals surface area (Å²) in [4.78, 5) is 29.9. The number of ether oxygens (including phenoxy) is 1. The zero-order valence-corrected chi connectivity index (χ0v) is 13.6. The molecular weight excluding hydrogens is 299 g/mol. The highest BCUT2D eigenvalue weighted by Gasteiger charge is 2.21. The Morgan fingerprint density at radius 3 is 2.70 bits per heavy atom. The van der Waals surface area contributed by atoms with Crippen molar-refractivity contribution in [3.63, 3.8) is 0 Å². The summed E-state index contributed by atoms with van der Waals surface area (Å²) in [6.07, 6.45) is 0. The third-order valence-electron chi connectivity index (χ3n) is 3.63. The van der Waals surface area contributed by atoms with Gasteiger partial charge in [0, 0.05) is 30.7 Å². The number of aryl methyl sites for hydroxylation is 1. The molecule has 23 heavy (non-hydrogen) atoms. The van der Waals surface area contributed by atoms with Gasteiger partial charge in [0.25, 0.3) is 5.91 Å². The lowest BCUT2D eigenvalue weighted by molar-refractivity contribution is -0.145. The largest absolute Gasteiger partial charge is 0.469 e. The number of hydrogen-bond donors (Lipinski definition) is 0. The molecule has 1 amide bonds. The summed E-state index contributed by atoms with van der Waals surface area (Å²) in [7, 11) is 2.93. The van der Waals surface area contributed by atoms with E-state index in [1.54, 1.807) is 33.0 Å². The maximum atomic E-state index is 13.4. The summed E-state index contributed by atoms with van der Waals surface area (Å²) >= 11 is 0. The Balaban J connectivity index is 2.35. The molecular formula is C17H19FN2O3. The molecule has 0 aliphatic carbocycles. The Morgan fingerprint density at radius 2 is 2.04 bits per heavy atom. The predicted octanol–water partition coefficient (Wildman–Crippen LogP) is 2.56. The van der Waals surface area contributed by atoms with E-state index < -0.39 is 11.7 Å². The fraction of sp³-hybridized carbons (Fsp3) is 0.353. The highest BCUT2D eigenvalue weighted by molar-refractivity contribution is 6.06. The van der Waals surface area contributed by atoms with Crippen molar-refractivity contribution < 1.29 is 18.7 Å².